The van der Waals surface area contributed by atoms with E-state index in [1.165, 1.54) is 18.7 Å². The van der Waals surface area contributed by atoms with Crippen molar-refractivity contribution < 1.29 is 9.90 Å². The summed E-state index contributed by atoms with van der Waals surface area (Å²) in [7, 11) is 4.01. The molecule has 6 heteroatoms. The molecule has 0 radical (unpaired) electrons. The second kappa shape index (κ2) is 5.30. The molecule has 1 aliphatic heterocycles. The lowest BCUT2D eigenvalue weighted by Gasteiger charge is -2.21. The Labute approximate surface area is 106 Å². The van der Waals surface area contributed by atoms with Gasteiger partial charge in [0, 0.05) is 26.3 Å². The Morgan fingerprint density at radius 3 is 3.06 bits per heavy atom. The number of hydrogen-bond donors (Lipinski definition) is 1. The molecule has 1 aliphatic rings. The third kappa shape index (κ3) is 2.95. The molecule has 0 saturated carbocycles. The van der Waals surface area contributed by atoms with Crippen LogP contribution >= 0.6 is 0 Å². The first-order valence-electron chi connectivity index (χ1n) is 6.02. The number of anilines is 1. The van der Waals surface area contributed by atoms with Gasteiger partial charge >= 0.3 is 5.97 Å². The lowest BCUT2D eigenvalue weighted by molar-refractivity contribution is 0.0690. The molecule has 1 aromatic rings. The highest BCUT2D eigenvalue weighted by Crippen LogP contribution is 2.17. The molecule has 2 rings (SSSR count). The molecule has 6 nitrogen and oxygen atoms in total. The Balaban J connectivity index is 2.02. The van der Waals surface area contributed by atoms with Crippen molar-refractivity contribution in [1.82, 2.24) is 14.9 Å². The molecule has 2 heterocycles. The van der Waals surface area contributed by atoms with Crippen molar-refractivity contribution in [3.05, 3.63) is 18.0 Å². The van der Waals surface area contributed by atoms with E-state index in [1.54, 1.807) is 0 Å². The van der Waals surface area contributed by atoms with Gasteiger partial charge in [0.2, 0.25) is 5.95 Å². The van der Waals surface area contributed by atoms with Gasteiger partial charge in [-0.15, -0.1) is 0 Å². The van der Waals surface area contributed by atoms with Gasteiger partial charge in [-0.05, 0) is 32.0 Å². The van der Waals surface area contributed by atoms with Gasteiger partial charge in [-0.2, -0.15) is 0 Å². The number of hydrogen-bond acceptors (Lipinski definition) is 5. The van der Waals surface area contributed by atoms with Gasteiger partial charge in [0.25, 0.3) is 0 Å². The summed E-state index contributed by atoms with van der Waals surface area (Å²) in [6, 6.07) is 1.41. The van der Waals surface area contributed by atoms with E-state index < -0.39 is 5.97 Å². The fourth-order valence-corrected chi connectivity index (χ4v) is 2.30. The van der Waals surface area contributed by atoms with Crippen LogP contribution in [-0.2, 0) is 0 Å². The molecular formula is C12H18N4O2. The summed E-state index contributed by atoms with van der Waals surface area (Å²) in [5.41, 5.74) is 0.0374. The van der Waals surface area contributed by atoms with Crippen LogP contribution in [0.2, 0.25) is 0 Å². The van der Waals surface area contributed by atoms with Crippen LogP contribution in [0.3, 0.4) is 0 Å². The van der Waals surface area contributed by atoms with E-state index >= 15 is 0 Å². The van der Waals surface area contributed by atoms with Crippen molar-refractivity contribution in [2.24, 2.45) is 5.92 Å². The van der Waals surface area contributed by atoms with Gasteiger partial charge in [0.05, 0.1) is 0 Å². The average molecular weight is 250 g/mol. The summed E-state index contributed by atoms with van der Waals surface area (Å²) >= 11 is 0. The zero-order valence-corrected chi connectivity index (χ0v) is 10.7. The Bertz CT molecular complexity index is 438. The molecule has 0 aromatic carbocycles. The first-order valence-corrected chi connectivity index (χ1v) is 6.02. The minimum absolute atomic E-state index is 0.0374. The maximum absolute atomic E-state index is 10.8. The van der Waals surface area contributed by atoms with Crippen molar-refractivity contribution in [1.29, 1.82) is 0 Å². The maximum Gasteiger partial charge on any atom is 0.354 e. The van der Waals surface area contributed by atoms with Crippen LogP contribution in [-0.4, -0.2) is 59.7 Å². The van der Waals surface area contributed by atoms with Crippen molar-refractivity contribution in [2.75, 3.05) is 38.6 Å². The van der Waals surface area contributed by atoms with Gasteiger partial charge in [-0.3, -0.25) is 0 Å². The van der Waals surface area contributed by atoms with Gasteiger partial charge in [0.1, 0.15) is 0 Å². The first-order chi connectivity index (χ1) is 8.56. The van der Waals surface area contributed by atoms with Crippen LogP contribution < -0.4 is 4.90 Å². The number of carbonyl (C=O) groups is 1. The van der Waals surface area contributed by atoms with Gasteiger partial charge in [-0.25, -0.2) is 14.8 Å². The molecule has 18 heavy (non-hydrogen) atoms. The van der Waals surface area contributed by atoms with Crippen molar-refractivity contribution in [2.45, 2.75) is 6.42 Å². The van der Waals surface area contributed by atoms with E-state index in [9.17, 15) is 4.79 Å². The highest BCUT2D eigenvalue weighted by molar-refractivity contribution is 5.85. The summed E-state index contributed by atoms with van der Waals surface area (Å²) in [6.45, 7) is 3.05. The minimum atomic E-state index is -1.02. The predicted molar refractivity (Wildman–Crippen MR) is 67.9 cm³/mol. The molecule has 98 valence electrons. The highest BCUT2D eigenvalue weighted by atomic mass is 16.4. The van der Waals surface area contributed by atoms with Crippen LogP contribution in [0.15, 0.2) is 12.3 Å². The molecule has 1 N–H and O–H groups in total. The normalized spacial score (nSPS) is 20.0. The molecule has 1 atom stereocenters. The summed E-state index contributed by atoms with van der Waals surface area (Å²) in [4.78, 5) is 23.2. The number of rotatable bonds is 4. The lowest BCUT2D eigenvalue weighted by atomic mass is 10.1. The number of nitrogens with zero attached hydrogens (tertiary/aromatic N) is 4. The Morgan fingerprint density at radius 1 is 1.67 bits per heavy atom. The zero-order chi connectivity index (χ0) is 13.1. The van der Waals surface area contributed by atoms with Crippen LogP contribution in [0.1, 0.15) is 16.9 Å². The average Bonchev–Trinajstić information content (AvgIpc) is 2.75. The quantitative estimate of drug-likeness (QED) is 0.842. The number of carboxylic acids is 1. The Hall–Kier alpha value is -1.69. The van der Waals surface area contributed by atoms with Gasteiger partial charge in [0.15, 0.2) is 5.69 Å². The molecule has 1 unspecified atom stereocenters. The molecule has 0 spiro atoms. The standard InChI is InChI=1S/C12H18N4O2/c1-15-6-4-9(7-15)8-16(2)12-13-5-3-10(14-12)11(17)18/h3,5,9H,4,6-8H2,1-2H3,(H,17,18). The van der Waals surface area contributed by atoms with Gasteiger partial charge < -0.3 is 14.9 Å². The first kappa shape index (κ1) is 12.8. The third-order valence-electron chi connectivity index (χ3n) is 3.22. The van der Waals surface area contributed by atoms with Crippen LogP contribution in [0.4, 0.5) is 5.95 Å². The van der Waals surface area contributed by atoms with E-state index in [2.05, 4.69) is 21.9 Å². The predicted octanol–water partition coefficient (Wildman–Crippen LogP) is 0.563. The smallest absolute Gasteiger partial charge is 0.354 e. The van der Waals surface area contributed by atoms with Crippen molar-refractivity contribution >= 4 is 11.9 Å². The molecular weight excluding hydrogens is 232 g/mol. The summed E-state index contributed by atoms with van der Waals surface area (Å²) in [5, 5.41) is 8.89. The SMILES string of the molecule is CN1CCC(CN(C)c2nccc(C(=O)O)n2)C1. The maximum atomic E-state index is 10.8. The highest BCUT2D eigenvalue weighted by Gasteiger charge is 2.21. The lowest BCUT2D eigenvalue weighted by Crippen LogP contribution is -2.28. The van der Waals surface area contributed by atoms with Crippen LogP contribution in [0.25, 0.3) is 0 Å². The topological polar surface area (TPSA) is 69.6 Å². The molecule has 0 aliphatic carbocycles. The van der Waals surface area contributed by atoms with Crippen molar-refractivity contribution in [3.8, 4) is 0 Å². The van der Waals surface area contributed by atoms with Crippen LogP contribution in [0, 0.1) is 5.92 Å². The van der Waals surface area contributed by atoms with Crippen molar-refractivity contribution in [3.63, 3.8) is 0 Å². The summed E-state index contributed by atoms with van der Waals surface area (Å²) in [5.74, 6) is 0.0502. The molecule has 1 saturated heterocycles. The molecule has 0 bridgehead atoms. The Morgan fingerprint density at radius 2 is 2.44 bits per heavy atom. The van der Waals surface area contributed by atoms with E-state index in [0.717, 1.165) is 19.6 Å². The second-order valence-corrected chi connectivity index (χ2v) is 4.84. The number of aromatic nitrogens is 2. The van der Waals surface area contributed by atoms with E-state index in [0.29, 0.717) is 11.9 Å². The monoisotopic (exact) mass is 250 g/mol. The number of carboxylic acid groups (broad SMARTS) is 1. The largest absolute Gasteiger partial charge is 0.477 e. The number of likely N-dealkylation sites (tertiary alicyclic amines) is 1. The van der Waals surface area contributed by atoms with Gasteiger partial charge in [-0.1, -0.05) is 0 Å². The van der Waals surface area contributed by atoms with E-state index in [-0.39, 0.29) is 5.69 Å². The third-order valence-corrected chi connectivity index (χ3v) is 3.22. The molecule has 1 aromatic heterocycles. The summed E-state index contributed by atoms with van der Waals surface area (Å²) in [6.07, 6.45) is 2.66. The van der Waals surface area contributed by atoms with E-state index in [1.807, 2.05) is 11.9 Å². The number of aromatic carboxylic acids is 1. The minimum Gasteiger partial charge on any atom is -0.477 e. The second-order valence-electron chi connectivity index (χ2n) is 4.84. The Kier molecular flexibility index (Phi) is 3.76. The van der Waals surface area contributed by atoms with E-state index in [4.69, 9.17) is 5.11 Å². The fraction of sp³-hybridized carbons (Fsp3) is 0.583. The summed E-state index contributed by atoms with van der Waals surface area (Å²) < 4.78 is 0. The molecule has 0 amide bonds. The zero-order valence-electron chi connectivity index (χ0n) is 10.7. The van der Waals surface area contributed by atoms with Crippen LogP contribution in [0.5, 0.6) is 0 Å². The fourth-order valence-electron chi connectivity index (χ4n) is 2.30. The molecule has 1 fully saturated rings.